The Morgan fingerprint density at radius 3 is 0.971 bits per heavy atom. The molecule has 6 nitrogen and oxygen atoms in total. The third-order valence-corrected chi connectivity index (χ3v) is 26.9. The maximum atomic E-state index is 4.25. The topological polar surface area (TPSA) is 19.4 Å². The van der Waals surface area contributed by atoms with Gasteiger partial charge in [-0.2, -0.15) is 0 Å². The van der Waals surface area contributed by atoms with Gasteiger partial charge in [0, 0.05) is 0 Å². The molecule has 6 aromatic carbocycles. The summed E-state index contributed by atoms with van der Waals surface area (Å²) in [5, 5.41) is 0. The number of rotatable bonds is 13. The van der Waals surface area contributed by atoms with Crippen LogP contribution in [0.4, 0.5) is 22.7 Å². The number of para-hydroxylation sites is 4. The van der Waals surface area contributed by atoms with E-state index in [-0.39, 0.29) is 38.4 Å². The molecule has 358 valence electrons. The van der Waals surface area contributed by atoms with Crippen LogP contribution in [0.2, 0.25) is 0 Å². The van der Waals surface area contributed by atoms with E-state index in [0.717, 1.165) is 5.56 Å². The molecule has 0 unspecified atom stereocenters. The molecule has 2 aliphatic rings. The van der Waals surface area contributed by atoms with Crippen molar-refractivity contribution >= 4 is 71.0 Å². The van der Waals surface area contributed by atoms with Crippen LogP contribution in [0.3, 0.4) is 0 Å². The molecule has 0 spiro atoms. The first-order valence-electron chi connectivity index (χ1n) is 25.5. The van der Waals surface area contributed by atoms with Crippen LogP contribution in [0.15, 0.2) is 138 Å². The van der Waals surface area contributed by atoms with E-state index in [1.165, 1.54) is 81.6 Å². The van der Waals surface area contributed by atoms with Gasteiger partial charge >= 0.3 is 436 Å². The van der Waals surface area contributed by atoms with Crippen molar-refractivity contribution in [3.05, 3.63) is 194 Å². The first-order chi connectivity index (χ1) is 33.5. The van der Waals surface area contributed by atoms with E-state index >= 15 is 0 Å². The Kier molecular flexibility index (Phi) is 15.7. The Balaban J connectivity index is 1.60. The molecule has 0 aromatic heterocycles. The van der Waals surface area contributed by atoms with E-state index in [1.807, 2.05) is 0 Å². The second-order valence-electron chi connectivity index (χ2n) is 20.8. The monoisotopic (exact) mass is 1050 g/mol. The molecule has 70 heavy (non-hydrogen) atoms. The predicted octanol–water partition coefficient (Wildman–Crippen LogP) is 13.3. The summed E-state index contributed by atoms with van der Waals surface area (Å²) in [5.74, 6) is 8.16. The maximum absolute atomic E-state index is 4.25. The first-order valence-corrected chi connectivity index (χ1v) is 31.4. The fraction of sp³-hybridized carbons (Fsp3) is 0.333. The molecule has 2 fully saturated rings. The van der Waals surface area contributed by atoms with Gasteiger partial charge in [-0.15, -0.1) is 0 Å². The van der Waals surface area contributed by atoms with Crippen molar-refractivity contribution in [1.82, 2.24) is 9.62 Å². The molecule has 0 saturated carbocycles. The molecule has 8 rings (SSSR count). The van der Waals surface area contributed by atoms with Crippen molar-refractivity contribution in [3.63, 3.8) is 0 Å². The molecule has 0 atom stereocenters. The van der Waals surface area contributed by atoms with Crippen LogP contribution in [0.5, 0.6) is 0 Å². The number of allylic oxidation sites excluding steroid dienone is 1. The van der Waals surface area contributed by atoms with Crippen LogP contribution in [0.25, 0.3) is 4.41 Å². The Labute approximate surface area is 433 Å². The zero-order valence-corrected chi connectivity index (χ0v) is 49.0. The molecule has 0 aliphatic carbocycles. The van der Waals surface area contributed by atoms with Crippen molar-refractivity contribution < 1.29 is 0 Å². The molecule has 6 aromatic rings. The van der Waals surface area contributed by atoms with Crippen molar-refractivity contribution in [1.29, 1.82) is 0 Å². The summed E-state index contributed by atoms with van der Waals surface area (Å²) in [4.78, 5) is 5.52. The second-order valence-corrected chi connectivity index (χ2v) is 29.6. The molecule has 0 amide bonds. The van der Waals surface area contributed by atoms with Gasteiger partial charge in [0.2, 0.25) is 0 Å². The van der Waals surface area contributed by atoms with Crippen LogP contribution >= 0.6 is 0 Å². The number of aryl methyl sites for hydroxylation is 8. The summed E-state index contributed by atoms with van der Waals surface area (Å²) in [6, 6.07) is 50.9. The standard InChI is InChI=1S/C60H74B2Ge2N6/c1-41(2)65(42(3)4)61-67(57-45(9)27-23-28-46(57)10)63(68(61)58-47(11)29-24-30-48(58)12)55(40-39-53-35-19-17-20-36-53)56(54-37-21-18-22-38-54)64-69(59-49(13)31-25-32-50(59)14)62(66(43(5)6)44(7)8)70(64)60-51(15)33-26-34-52(60)16/h17-38,41-44H,1-16H3/b56-55-. The van der Waals surface area contributed by atoms with Crippen molar-refractivity contribution in [2.24, 2.45) is 0 Å². The molecule has 10 heteroatoms. The van der Waals surface area contributed by atoms with Gasteiger partial charge in [-0.1, -0.05) is 0 Å². The third-order valence-electron chi connectivity index (χ3n) is 14.3. The SMILES string of the molecule is Cc1cccc(C)c1[N]1B(N(C(C)C)C(C)C)[N](c2c(C)cccc2C)[Ge]1/[C](C#Cc1ccccc1)=[C](/c1ccccc1)[Ge]1[N](c2c(C)cccc2C)B(N(C(C)C)C(C)C)[N]1c1c(C)cccc1C. The Bertz CT molecular complexity index is 2710. The molecule has 0 N–H and O–H groups in total. The summed E-state index contributed by atoms with van der Waals surface area (Å²) in [6.07, 6.45) is 0. The molecule has 2 aliphatic heterocycles. The number of nitrogens with zero attached hydrogens (tertiary/aromatic N) is 6. The average Bonchev–Trinajstić information content (AvgIpc) is 3.30. The fourth-order valence-electron chi connectivity index (χ4n) is 11.6. The number of hydrogen-bond donors (Lipinski definition) is 0. The summed E-state index contributed by atoms with van der Waals surface area (Å²) in [5.41, 5.74) is 18.2. The van der Waals surface area contributed by atoms with E-state index in [9.17, 15) is 0 Å². The van der Waals surface area contributed by atoms with Crippen LogP contribution in [-0.2, 0) is 0 Å². The Morgan fingerprint density at radius 2 is 0.671 bits per heavy atom. The predicted molar refractivity (Wildman–Crippen MR) is 308 cm³/mol. The third kappa shape index (κ3) is 9.44. The average molecular weight is 1050 g/mol. The van der Waals surface area contributed by atoms with E-state index in [0.29, 0.717) is 0 Å². The van der Waals surface area contributed by atoms with Gasteiger partial charge in [0.15, 0.2) is 0 Å². The molecular formula is C60H74B2Ge2N6. The summed E-state index contributed by atoms with van der Waals surface area (Å²) in [7, 11) is -0.0429. The van der Waals surface area contributed by atoms with Crippen molar-refractivity contribution in [2.45, 2.75) is 135 Å². The van der Waals surface area contributed by atoms with E-state index in [1.54, 1.807) is 0 Å². The first kappa shape index (κ1) is 51.3. The van der Waals surface area contributed by atoms with Crippen molar-refractivity contribution in [2.75, 3.05) is 15.1 Å². The zero-order valence-electron chi connectivity index (χ0n) is 44.8. The molecule has 2 saturated heterocycles. The minimum atomic E-state index is -3.05. The summed E-state index contributed by atoms with van der Waals surface area (Å²) >= 11 is -6.07. The Morgan fingerprint density at radius 1 is 0.386 bits per heavy atom. The van der Waals surface area contributed by atoms with E-state index in [4.69, 9.17) is 0 Å². The van der Waals surface area contributed by atoms with Gasteiger partial charge in [0.1, 0.15) is 0 Å². The van der Waals surface area contributed by atoms with E-state index in [2.05, 4.69) is 281 Å². The van der Waals surface area contributed by atoms with Gasteiger partial charge in [0.05, 0.1) is 0 Å². The quantitative estimate of drug-likeness (QED) is 0.0842. The van der Waals surface area contributed by atoms with Gasteiger partial charge in [-0.3, -0.25) is 0 Å². The van der Waals surface area contributed by atoms with E-state index < -0.39 is 29.6 Å². The number of benzene rings is 6. The van der Waals surface area contributed by atoms with Gasteiger partial charge in [-0.05, 0) is 0 Å². The fourth-order valence-corrected chi connectivity index (χ4v) is 27.6. The van der Waals surface area contributed by atoms with Gasteiger partial charge in [-0.25, -0.2) is 0 Å². The normalized spacial score (nSPS) is 14.9. The number of hydrogen-bond acceptors (Lipinski definition) is 6. The van der Waals surface area contributed by atoms with Crippen molar-refractivity contribution in [3.8, 4) is 11.8 Å². The Hall–Kier alpha value is -5.04. The summed E-state index contributed by atoms with van der Waals surface area (Å²) < 4.78 is 14.6. The molecule has 2 heterocycles. The van der Waals surface area contributed by atoms with Gasteiger partial charge < -0.3 is 0 Å². The molecule has 2 radical (unpaired) electrons. The molecular weight excluding hydrogens is 972 g/mol. The minimum absolute atomic E-state index is 0.0161. The van der Waals surface area contributed by atoms with Crippen LogP contribution in [0, 0.1) is 67.2 Å². The second kappa shape index (κ2) is 21.4. The van der Waals surface area contributed by atoms with Gasteiger partial charge in [0.25, 0.3) is 0 Å². The van der Waals surface area contributed by atoms with Crippen LogP contribution in [0.1, 0.15) is 111 Å². The summed E-state index contributed by atoms with van der Waals surface area (Å²) in [6.45, 7) is 37.7. The molecule has 0 bridgehead atoms. The number of anilines is 4. The van der Waals surface area contributed by atoms with Crippen LogP contribution in [-0.4, -0.2) is 77.6 Å². The van der Waals surface area contributed by atoms with Crippen LogP contribution < -0.4 is 15.1 Å². The zero-order chi connectivity index (χ0) is 50.3.